The minimum Gasteiger partial charge on any atom is -0.360 e. The molecule has 9 nitrogen and oxygen atoms in total. The molecule has 3 aromatic heterocycles. The summed E-state index contributed by atoms with van der Waals surface area (Å²) in [7, 11) is -3.87. The Kier molecular flexibility index (Phi) is 7.27. The van der Waals surface area contributed by atoms with E-state index in [9.17, 15) is 13.2 Å². The van der Waals surface area contributed by atoms with Crippen molar-refractivity contribution in [2.75, 3.05) is 10.0 Å². The lowest BCUT2D eigenvalue weighted by atomic mass is 10.0. The molecule has 2 N–H and O–H groups in total. The van der Waals surface area contributed by atoms with Crippen LogP contribution < -0.4 is 10.0 Å². The van der Waals surface area contributed by atoms with Crippen LogP contribution in [0.25, 0.3) is 22.3 Å². The molecule has 38 heavy (non-hydrogen) atoms. The second kappa shape index (κ2) is 10.4. The number of pyridine rings is 2. The van der Waals surface area contributed by atoms with Crippen molar-refractivity contribution in [3.05, 3.63) is 95.4 Å². The van der Waals surface area contributed by atoms with Crippen molar-refractivity contribution >= 4 is 38.3 Å². The maximum Gasteiger partial charge on any atom is 0.263 e. The first-order chi connectivity index (χ1) is 17.7. The number of rotatable bonds is 6. The number of hydrogen-bond acceptors (Lipinski definition) is 7. The molecule has 2 aromatic carbocycles. The lowest BCUT2D eigenvalue weighted by Gasteiger charge is -2.13. The van der Waals surface area contributed by atoms with Gasteiger partial charge in [-0.1, -0.05) is 30.3 Å². The zero-order chi connectivity index (χ0) is 26.2. The molecule has 0 spiro atoms. The quantitative estimate of drug-likeness (QED) is 0.280. The monoisotopic (exact) mass is 529 g/mol. The van der Waals surface area contributed by atoms with Gasteiger partial charge in [-0.2, -0.15) is 0 Å². The van der Waals surface area contributed by atoms with E-state index in [4.69, 9.17) is 9.51 Å². The summed E-state index contributed by atoms with van der Waals surface area (Å²) in [6.07, 6.45) is 1.68. The Labute approximate surface area is 221 Å². The molecule has 5 aromatic rings. The molecule has 0 saturated carbocycles. The van der Waals surface area contributed by atoms with Gasteiger partial charge in [0.1, 0.15) is 5.76 Å². The second-order valence-electron chi connectivity index (χ2n) is 8.65. The minimum absolute atomic E-state index is 0. The van der Waals surface area contributed by atoms with E-state index in [2.05, 4.69) is 20.2 Å². The fourth-order valence-corrected chi connectivity index (χ4v) is 5.02. The van der Waals surface area contributed by atoms with Crippen molar-refractivity contribution in [3.63, 3.8) is 0 Å². The average molecular weight is 530 g/mol. The van der Waals surface area contributed by atoms with Crippen LogP contribution in [0, 0.1) is 20.8 Å². The van der Waals surface area contributed by atoms with Gasteiger partial charge in [0.25, 0.3) is 15.9 Å². The lowest BCUT2D eigenvalue weighted by Crippen LogP contribution is -2.15. The van der Waals surface area contributed by atoms with Crippen LogP contribution in [0.5, 0.6) is 0 Å². The summed E-state index contributed by atoms with van der Waals surface area (Å²) in [5.41, 5.74) is 4.80. The van der Waals surface area contributed by atoms with Crippen LogP contribution in [-0.2, 0) is 10.0 Å². The van der Waals surface area contributed by atoms with E-state index in [-0.39, 0.29) is 24.0 Å². The zero-order valence-electron chi connectivity index (χ0n) is 20.3. The smallest absolute Gasteiger partial charge is 0.263 e. The number of nitrogens with one attached hydrogen (secondary N) is 2. The third-order valence-corrected chi connectivity index (χ3v) is 7.08. The Bertz CT molecular complexity index is 1730. The Morgan fingerprint density at radius 3 is 2.34 bits per heavy atom. The first-order valence-electron chi connectivity index (χ1n) is 11.4. The van der Waals surface area contributed by atoms with Gasteiger partial charge in [-0.25, -0.2) is 13.4 Å². The summed E-state index contributed by atoms with van der Waals surface area (Å²) < 4.78 is 32.6. The van der Waals surface area contributed by atoms with Gasteiger partial charge in [0.15, 0.2) is 5.82 Å². The molecule has 10 heteroatoms. The highest BCUT2D eigenvalue weighted by Crippen LogP contribution is 2.28. The molecule has 0 atom stereocenters. The number of amides is 1. The summed E-state index contributed by atoms with van der Waals surface area (Å²) >= 11 is 0. The predicted molar refractivity (Wildman–Crippen MR) is 148 cm³/mol. The van der Waals surface area contributed by atoms with Crippen LogP contribution in [-0.4, -0.2) is 29.4 Å². The Morgan fingerprint density at radius 1 is 0.921 bits per heavy atom. The molecule has 194 valence electrons. The molecular weight excluding hydrogens is 502 g/mol. The number of carbonyl (C=O) groups is 1. The normalized spacial score (nSPS) is 11.1. The predicted octanol–water partition coefficient (Wildman–Crippen LogP) is 5.90. The van der Waals surface area contributed by atoms with Gasteiger partial charge in [-0.05, 0) is 74.9 Å². The molecule has 1 amide bonds. The van der Waals surface area contributed by atoms with Gasteiger partial charge in [0.2, 0.25) is 0 Å². The van der Waals surface area contributed by atoms with Crippen molar-refractivity contribution < 1.29 is 17.7 Å². The lowest BCUT2D eigenvalue weighted by molar-refractivity contribution is 0.102. The van der Waals surface area contributed by atoms with E-state index in [1.165, 1.54) is 30.3 Å². The minimum atomic E-state index is -3.87. The molecule has 0 aliphatic carbocycles. The standard InChI is InChI=1S/C27H23N5O4S.CH4/c1-16-12-17(2)26-21(13-16)22(15-24(30-26)23-6-4-5-11-28-23)27(33)29-19-7-9-20(10-8-19)37(34,35)32-25-14-18(3)36-31-25;/h4-15H,1-3H3,(H,29,33)(H,31,32);1H4. The highest BCUT2D eigenvalue weighted by molar-refractivity contribution is 7.92. The van der Waals surface area contributed by atoms with Crippen molar-refractivity contribution in [2.45, 2.75) is 33.1 Å². The van der Waals surface area contributed by atoms with Gasteiger partial charge >= 0.3 is 0 Å². The summed E-state index contributed by atoms with van der Waals surface area (Å²) in [6.45, 7) is 5.59. The van der Waals surface area contributed by atoms with Gasteiger partial charge in [-0.15, -0.1) is 0 Å². The maximum atomic E-state index is 13.5. The number of sulfonamides is 1. The van der Waals surface area contributed by atoms with Crippen LogP contribution in [0.1, 0.15) is 34.7 Å². The molecule has 5 rings (SSSR count). The number of hydrogen-bond donors (Lipinski definition) is 2. The van der Waals surface area contributed by atoms with Crippen molar-refractivity contribution in [2.24, 2.45) is 0 Å². The van der Waals surface area contributed by atoms with Crippen LogP contribution in [0.3, 0.4) is 0 Å². The number of anilines is 2. The molecule has 0 aliphatic rings. The molecule has 0 bridgehead atoms. The Balaban J connectivity index is 0.00000336. The summed E-state index contributed by atoms with van der Waals surface area (Å²) in [5.74, 6) is 0.228. The van der Waals surface area contributed by atoms with Gasteiger partial charge in [0, 0.05) is 23.3 Å². The highest BCUT2D eigenvalue weighted by atomic mass is 32.2. The van der Waals surface area contributed by atoms with Crippen LogP contribution in [0.4, 0.5) is 11.5 Å². The van der Waals surface area contributed by atoms with Gasteiger partial charge in [-0.3, -0.25) is 14.5 Å². The van der Waals surface area contributed by atoms with E-state index in [1.54, 1.807) is 19.2 Å². The molecule has 0 unspecified atom stereocenters. The maximum absolute atomic E-state index is 13.5. The molecule has 0 saturated heterocycles. The fourth-order valence-electron chi connectivity index (χ4n) is 4.04. The zero-order valence-corrected chi connectivity index (χ0v) is 21.1. The highest BCUT2D eigenvalue weighted by Gasteiger charge is 2.19. The van der Waals surface area contributed by atoms with Crippen molar-refractivity contribution in [1.82, 2.24) is 15.1 Å². The number of nitrogens with zero attached hydrogens (tertiary/aromatic N) is 3. The summed E-state index contributed by atoms with van der Waals surface area (Å²) in [6, 6.07) is 18.5. The third kappa shape index (κ3) is 5.40. The first kappa shape index (κ1) is 26.5. The van der Waals surface area contributed by atoms with Crippen LogP contribution in [0.2, 0.25) is 0 Å². The molecule has 0 fully saturated rings. The summed E-state index contributed by atoms with van der Waals surface area (Å²) in [5, 5.41) is 7.24. The number of benzene rings is 2. The van der Waals surface area contributed by atoms with Gasteiger partial charge in [0.05, 0.1) is 27.4 Å². The topological polar surface area (TPSA) is 127 Å². The van der Waals surface area contributed by atoms with Crippen LogP contribution >= 0.6 is 0 Å². The second-order valence-corrected chi connectivity index (χ2v) is 10.3. The van der Waals surface area contributed by atoms with E-state index in [1.807, 2.05) is 44.2 Å². The van der Waals surface area contributed by atoms with Crippen molar-refractivity contribution in [1.29, 1.82) is 0 Å². The Hall–Kier alpha value is -4.57. The summed E-state index contributed by atoms with van der Waals surface area (Å²) in [4.78, 5) is 22.6. The SMILES string of the molecule is C.Cc1cc(C)c2nc(-c3ccccn3)cc(C(=O)Nc3ccc(S(=O)(=O)Nc4cc(C)on4)cc3)c2c1. The largest absolute Gasteiger partial charge is 0.360 e. The number of fused-ring (bicyclic) bond motifs is 1. The molecular formula is C28H27N5O4S. The van der Waals surface area contributed by atoms with Crippen LogP contribution in [0.15, 0.2) is 82.3 Å². The van der Waals surface area contributed by atoms with E-state index in [0.717, 1.165) is 22.0 Å². The average Bonchev–Trinajstić information content (AvgIpc) is 3.28. The van der Waals surface area contributed by atoms with Crippen molar-refractivity contribution in [3.8, 4) is 11.4 Å². The first-order valence-corrected chi connectivity index (χ1v) is 12.9. The Morgan fingerprint density at radius 2 is 1.68 bits per heavy atom. The number of carbonyl (C=O) groups excluding carboxylic acids is 1. The number of aromatic nitrogens is 3. The molecule has 3 heterocycles. The molecule has 0 aliphatic heterocycles. The van der Waals surface area contributed by atoms with E-state index < -0.39 is 10.0 Å². The fraction of sp³-hybridized carbons (Fsp3) is 0.143. The molecule has 0 radical (unpaired) electrons. The third-order valence-electron chi connectivity index (χ3n) is 5.71. The number of aryl methyl sites for hydroxylation is 3. The van der Waals surface area contributed by atoms with E-state index >= 15 is 0 Å². The van der Waals surface area contributed by atoms with E-state index in [0.29, 0.717) is 28.4 Å². The van der Waals surface area contributed by atoms with Gasteiger partial charge < -0.3 is 9.84 Å².